The Balaban J connectivity index is 1.65. The largest absolute Gasteiger partial charge is 0.479 e. The molecule has 1 aliphatic heterocycles. The molecule has 2 heterocycles. The normalized spacial score (nSPS) is 12.9. The molecule has 126 valence electrons. The molecule has 24 heavy (non-hydrogen) atoms. The first-order valence-electron chi connectivity index (χ1n) is 7.33. The highest BCUT2D eigenvalue weighted by atomic mass is 16.7. The molecule has 1 amide bonds. The SMILES string of the molecule is CC(C)(C(=O)O)n1cc(NC(=O)Cc2ccc3c(c2)OCO3)cn1. The Bertz CT molecular complexity index is 797. The van der Waals surface area contributed by atoms with E-state index in [1.54, 1.807) is 18.2 Å². The fourth-order valence-corrected chi connectivity index (χ4v) is 2.23. The molecule has 0 saturated heterocycles. The Morgan fingerprint density at radius 1 is 1.33 bits per heavy atom. The Labute approximate surface area is 138 Å². The van der Waals surface area contributed by atoms with Crippen LogP contribution in [0.3, 0.4) is 0 Å². The van der Waals surface area contributed by atoms with Gasteiger partial charge in [-0.15, -0.1) is 0 Å². The second-order valence-electron chi connectivity index (χ2n) is 5.95. The second-order valence-corrected chi connectivity index (χ2v) is 5.95. The zero-order valence-corrected chi connectivity index (χ0v) is 13.3. The van der Waals surface area contributed by atoms with Crippen molar-refractivity contribution in [3.05, 3.63) is 36.2 Å². The quantitative estimate of drug-likeness (QED) is 0.863. The number of nitrogens with zero attached hydrogens (tertiary/aromatic N) is 2. The van der Waals surface area contributed by atoms with Gasteiger partial charge in [0.2, 0.25) is 12.7 Å². The Morgan fingerprint density at radius 3 is 2.83 bits per heavy atom. The van der Waals surface area contributed by atoms with Crippen molar-refractivity contribution in [2.45, 2.75) is 25.8 Å². The minimum atomic E-state index is -1.19. The van der Waals surface area contributed by atoms with Gasteiger partial charge in [-0.05, 0) is 31.5 Å². The lowest BCUT2D eigenvalue weighted by Gasteiger charge is -2.19. The standard InChI is InChI=1S/C16H17N3O5/c1-16(2,15(21)22)19-8-11(7-17-19)18-14(20)6-10-3-4-12-13(5-10)24-9-23-12/h3-5,7-8H,6,9H2,1-2H3,(H,18,20)(H,21,22). The number of anilines is 1. The number of hydrogen-bond donors (Lipinski definition) is 2. The fourth-order valence-electron chi connectivity index (χ4n) is 2.23. The summed E-state index contributed by atoms with van der Waals surface area (Å²) in [6, 6.07) is 5.32. The van der Waals surface area contributed by atoms with Gasteiger partial charge in [0, 0.05) is 6.20 Å². The monoisotopic (exact) mass is 331 g/mol. The number of aromatic nitrogens is 2. The van der Waals surface area contributed by atoms with E-state index < -0.39 is 11.5 Å². The summed E-state index contributed by atoms with van der Waals surface area (Å²) in [6.07, 6.45) is 3.07. The van der Waals surface area contributed by atoms with Gasteiger partial charge < -0.3 is 19.9 Å². The molecule has 8 heteroatoms. The van der Waals surface area contributed by atoms with Crippen LogP contribution in [0.15, 0.2) is 30.6 Å². The van der Waals surface area contributed by atoms with Crippen LogP contribution in [0, 0.1) is 0 Å². The lowest BCUT2D eigenvalue weighted by Crippen LogP contribution is -2.35. The van der Waals surface area contributed by atoms with Gasteiger partial charge in [0.05, 0.1) is 18.3 Å². The predicted molar refractivity (Wildman–Crippen MR) is 84.1 cm³/mol. The van der Waals surface area contributed by atoms with E-state index in [-0.39, 0.29) is 19.1 Å². The van der Waals surface area contributed by atoms with Crippen molar-refractivity contribution in [3.8, 4) is 11.5 Å². The van der Waals surface area contributed by atoms with Gasteiger partial charge in [0.25, 0.3) is 0 Å². The molecule has 8 nitrogen and oxygen atoms in total. The van der Waals surface area contributed by atoms with E-state index in [4.69, 9.17) is 9.47 Å². The number of carboxylic acids is 1. The molecule has 2 N–H and O–H groups in total. The molecule has 0 aliphatic carbocycles. The van der Waals surface area contributed by atoms with E-state index in [9.17, 15) is 14.7 Å². The van der Waals surface area contributed by atoms with Crippen molar-refractivity contribution in [3.63, 3.8) is 0 Å². The zero-order chi connectivity index (χ0) is 17.3. The number of nitrogens with one attached hydrogen (secondary N) is 1. The first-order valence-corrected chi connectivity index (χ1v) is 7.33. The molecule has 1 aromatic carbocycles. The van der Waals surface area contributed by atoms with Crippen LogP contribution in [-0.4, -0.2) is 33.6 Å². The van der Waals surface area contributed by atoms with Crippen LogP contribution in [0.2, 0.25) is 0 Å². The van der Waals surface area contributed by atoms with Crippen LogP contribution in [0.25, 0.3) is 0 Å². The van der Waals surface area contributed by atoms with Crippen molar-refractivity contribution in [1.29, 1.82) is 0 Å². The Kier molecular flexibility index (Phi) is 3.88. The molecule has 0 radical (unpaired) electrons. The van der Waals surface area contributed by atoms with Crippen LogP contribution >= 0.6 is 0 Å². The van der Waals surface area contributed by atoms with Crippen LogP contribution in [0.1, 0.15) is 19.4 Å². The van der Waals surface area contributed by atoms with Gasteiger partial charge in [0.15, 0.2) is 17.0 Å². The molecule has 0 bridgehead atoms. The van der Waals surface area contributed by atoms with E-state index in [2.05, 4.69) is 10.4 Å². The maximum Gasteiger partial charge on any atom is 0.331 e. The highest BCUT2D eigenvalue weighted by Crippen LogP contribution is 2.32. The fraction of sp³-hybridized carbons (Fsp3) is 0.312. The molecule has 0 fully saturated rings. The molecule has 0 saturated carbocycles. The highest BCUT2D eigenvalue weighted by Gasteiger charge is 2.30. The van der Waals surface area contributed by atoms with Gasteiger partial charge >= 0.3 is 5.97 Å². The van der Waals surface area contributed by atoms with Gasteiger partial charge in [-0.25, -0.2) is 4.79 Å². The second kappa shape index (κ2) is 5.88. The summed E-state index contributed by atoms with van der Waals surface area (Å²) in [5.74, 6) is 0.0399. The summed E-state index contributed by atoms with van der Waals surface area (Å²) in [6.45, 7) is 3.24. The number of benzene rings is 1. The topological polar surface area (TPSA) is 103 Å². The molecule has 0 unspecified atom stereocenters. The average Bonchev–Trinajstić information content (AvgIpc) is 3.15. The minimum Gasteiger partial charge on any atom is -0.479 e. The first-order chi connectivity index (χ1) is 11.4. The molecule has 2 aromatic rings. The summed E-state index contributed by atoms with van der Waals surface area (Å²) in [5.41, 5.74) is 0.0328. The van der Waals surface area contributed by atoms with Gasteiger partial charge in [-0.1, -0.05) is 6.07 Å². The number of ether oxygens (including phenoxy) is 2. The Morgan fingerprint density at radius 2 is 2.08 bits per heavy atom. The van der Waals surface area contributed by atoms with Crippen LogP contribution in [0.4, 0.5) is 5.69 Å². The highest BCUT2D eigenvalue weighted by molar-refractivity contribution is 5.92. The van der Waals surface area contributed by atoms with Gasteiger partial charge in [0.1, 0.15) is 0 Å². The summed E-state index contributed by atoms with van der Waals surface area (Å²) in [7, 11) is 0. The van der Waals surface area contributed by atoms with Crippen molar-refractivity contribution in [2.75, 3.05) is 12.1 Å². The van der Waals surface area contributed by atoms with Gasteiger partial charge in [-0.3, -0.25) is 9.48 Å². The van der Waals surface area contributed by atoms with Crippen LogP contribution in [-0.2, 0) is 21.5 Å². The van der Waals surface area contributed by atoms with E-state index >= 15 is 0 Å². The maximum absolute atomic E-state index is 12.1. The van der Waals surface area contributed by atoms with E-state index in [0.29, 0.717) is 17.2 Å². The molecular formula is C16H17N3O5. The summed E-state index contributed by atoms with van der Waals surface area (Å²) in [4.78, 5) is 23.4. The van der Waals surface area contributed by atoms with E-state index in [1.165, 1.54) is 30.9 Å². The third-order valence-corrected chi connectivity index (χ3v) is 3.76. The van der Waals surface area contributed by atoms with Crippen LogP contribution < -0.4 is 14.8 Å². The molecule has 0 atom stereocenters. The summed E-state index contributed by atoms with van der Waals surface area (Å²) >= 11 is 0. The number of aliphatic carboxylic acids is 1. The van der Waals surface area contributed by atoms with Gasteiger partial charge in [-0.2, -0.15) is 5.10 Å². The van der Waals surface area contributed by atoms with Crippen molar-refractivity contribution < 1.29 is 24.2 Å². The molecule has 0 spiro atoms. The number of amides is 1. The average molecular weight is 331 g/mol. The molecule has 1 aromatic heterocycles. The Hall–Kier alpha value is -3.03. The van der Waals surface area contributed by atoms with Crippen molar-refractivity contribution >= 4 is 17.6 Å². The van der Waals surface area contributed by atoms with Crippen molar-refractivity contribution in [1.82, 2.24) is 9.78 Å². The third-order valence-electron chi connectivity index (χ3n) is 3.76. The molecular weight excluding hydrogens is 314 g/mol. The number of carbonyl (C=O) groups is 2. The number of rotatable bonds is 5. The number of carboxylic acid groups (broad SMARTS) is 1. The number of carbonyl (C=O) groups excluding carboxylic acids is 1. The predicted octanol–water partition coefficient (Wildman–Crippen LogP) is 1.61. The molecule has 3 rings (SSSR count). The zero-order valence-electron chi connectivity index (χ0n) is 13.3. The third kappa shape index (κ3) is 3.03. The maximum atomic E-state index is 12.1. The van der Waals surface area contributed by atoms with Crippen LogP contribution in [0.5, 0.6) is 11.5 Å². The summed E-state index contributed by atoms with van der Waals surface area (Å²) in [5, 5.41) is 15.9. The first kappa shape index (κ1) is 15.9. The lowest BCUT2D eigenvalue weighted by atomic mass is 10.1. The minimum absolute atomic E-state index is 0.157. The number of hydrogen-bond acceptors (Lipinski definition) is 5. The van der Waals surface area contributed by atoms with Crippen molar-refractivity contribution in [2.24, 2.45) is 0 Å². The van der Waals surface area contributed by atoms with E-state index in [0.717, 1.165) is 5.56 Å². The molecule has 1 aliphatic rings. The number of fused-ring (bicyclic) bond motifs is 1. The summed E-state index contributed by atoms with van der Waals surface area (Å²) < 4.78 is 11.8. The lowest BCUT2D eigenvalue weighted by molar-refractivity contribution is -0.146. The smallest absolute Gasteiger partial charge is 0.331 e. The van der Waals surface area contributed by atoms with E-state index in [1.807, 2.05) is 0 Å².